The third kappa shape index (κ3) is 3.16. The van der Waals surface area contributed by atoms with Crippen molar-refractivity contribution in [2.24, 2.45) is 5.92 Å². The van der Waals surface area contributed by atoms with Crippen LogP contribution in [0.5, 0.6) is 0 Å². The van der Waals surface area contributed by atoms with Crippen molar-refractivity contribution in [3.05, 3.63) is 41.7 Å². The number of benzene rings is 1. The number of hydrogen-bond acceptors (Lipinski definition) is 4. The summed E-state index contributed by atoms with van der Waals surface area (Å²) in [6.07, 6.45) is 2.09. The lowest BCUT2D eigenvalue weighted by Gasteiger charge is -2.09. The highest BCUT2D eigenvalue weighted by Crippen LogP contribution is 2.34. The second-order valence-electron chi connectivity index (χ2n) is 5.74. The van der Waals surface area contributed by atoms with Crippen LogP contribution < -0.4 is 5.32 Å². The zero-order chi connectivity index (χ0) is 17.3. The monoisotopic (exact) mass is 329 g/mol. The third-order valence-corrected chi connectivity index (χ3v) is 4.05. The fourth-order valence-electron chi connectivity index (χ4n) is 2.68. The molecule has 1 saturated carbocycles. The van der Waals surface area contributed by atoms with E-state index in [0.29, 0.717) is 23.7 Å². The molecule has 0 radical (unpaired) electrons. The zero-order valence-corrected chi connectivity index (χ0v) is 13.5. The van der Waals surface area contributed by atoms with Gasteiger partial charge in [0.05, 0.1) is 29.6 Å². The minimum Gasteiger partial charge on any atom is -0.478 e. The fourth-order valence-corrected chi connectivity index (χ4v) is 2.68. The maximum absolute atomic E-state index is 12.2. The molecule has 0 aliphatic heterocycles. The second kappa shape index (κ2) is 6.45. The second-order valence-corrected chi connectivity index (χ2v) is 5.74. The first-order valence-corrected chi connectivity index (χ1v) is 7.82. The third-order valence-electron chi connectivity index (χ3n) is 4.05. The highest BCUT2D eigenvalue weighted by molar-refractivity contribution is 5.95. The molecule has 2 N–H and O–H groups in total. The Hall–Kier alpha value is -2.67. The van der Waals surface area contributed by atoms with E-state index in [1.54, 1.807) is 35.9 Å². The lowest BCUT2D eigenvalue weighted by atomic mass is 10.2. The van der Waals surface area contributed by atoms with Gasteiger partial charge in [0.15, 0.2) is 0 Å². The first-order chi connectivity index (χ1) is 11.5. The molecule has 24 heavy (non-hydrogen) atoms. The number of nitrogens with zero attached hydrogens (tertiary/aromatic N) is 2. The van der Waals surface area contributed by atoms with Crippen LogP contribution >= 0.6 is 0 Å². The van der Waals surface area contributed by atoms with Gasteiger partial charge in [-0.1, -0.05) is 6.07 Å². The predicted molar refractivity (Wildman–Crippen MR) is 87.4 cm³/mol. The van der Waals surface area contributed by atoms with Crippen molar-refractivity contribution in [3.63, 3.8) is 0 Å². The Morgan fingerprint density at radius 3 is 2.92 bits per heavy atom. The van der Waals surface area contributed by atoms with Gasteiger partial charge >= 0.3 is 5.97 Å². The summed E-state index contributed by atoms with van der Waals surface area (Å²) < 4.78 is 6.97. The van der Waals surface area contributed by atoms with Crippen molar-refractivity contribution in [1.29, 1.82) is 0 Å². The van der Waals surface area contributed by atoms with Crippen molar-refractivity contribution >= 4 is 17.6 Å². The summed E-state index contributed by atoms with van der Waals surface area (Å²) in [5, 5.41) is 16.1. The van der Waals surface area contributed by atoms with Crippen molar-refractivity contribution < 1.29 is 19.4 Å². The highest BCUT2D eigenvalue weighted by Gasteiger charge is 2.43. The fraction of sp³-hybridized carbons (Fsp3) is 0.353. The van der Waals surface area contributed by atoms with Crippen LogP contribution in [0.1, 0.15) is 29.4 Å². The summed E-state index contributed by atoms with van der Waals surface area (Å²) in [5.74, 6) is -1.17. The Bertz CT molecular complexity index is 784. The Balaban J connectivity index is 1.75. The van der Waals surface area contributed by atoms with E-state index in [1.807, 2.05) is 6.92 Å². The normalized spacial score (nSPS) is 19.1. The molecule has 7 nitrogen and oxygen atoms in total. The first kappa shape index (κ1) is 16.2. The summed E-state index contributed by atoms with van der Waals surface area (Å²) in [6, 6.07) is 7.15. The number of carbonyl (C=O) groups is 2. The van der Waals surface area contributed by atoms with Gasteiger partial charge in [-0.2, -0.15) is 5.10 Å². The number of nitrogens with one attached hydrogen (secondary N) is 1. The van der Waals surface area contributed by atoms with Crippen LogP contribution in [-0.2, 0) is 9.53 Å². The maximum atomic E-state index is 12.2. The van der Waals surface area contributed by atoms with Crippen molar-refractivity contribution in [3.8, 4) is 5.69 Å². The molecule has 1 amide bonds. The minimum atomic E-state index is -1.01. The van der Waals surface area contributed by atoms with Gasteiger partial charge < -0.3 is 15.2 Å². The van der Waals surface area contributed by atoms with Crippen molar-refractivity contribution in [2.45, 2.75) is 26.4 Å². The average molecular weight is 329 g/mol. The lowest BCUT2D eigenvalue weighted by molar-refractivity contribution is -0.118. The summed E-state index contributed by atoms with van der Waals surface area (Å²) >= 11 is 0. The Labute approximate surface area is 139 Å². The van der Waals surface area contributed by atoms with E-state index >= 15 is 0 Å². The molecule has 1 aliphatic rings. The van der Waals surface area contributed by atoms with Crippen LogP contribution in [0.3, 0.4) is 0 Å². The molecule has 1 aromatic carbocycles. The van der Waals surface area contributed by atoms with E-state index in [-0.39, 0.29) is 23.5 Å². The zero-order valence-electron chi connectivity index (χ0n) is 13.5. The molecule has 0 bridgehead atoms. The standard InChI is InChI=1S/C17H19N3O4/c1-3-24-15-8-13(15)16(21)19-11-5-4-6-12(7-11)20-10(2)14(9-18-20)17(22)23/h4-7,9,13,15H,3,8H2,1-2H3,(H,19,21)(H,22,23). The van der Waals surface area contributed by atoms with Gasteiger partial charge in [0.2, 0.25) is 5.91 Å². The Kier molecular flexibility index (Phi) is 4.35. The molecule has 3 rings (SSSR count). The van der Waals surface area contributed by atoms with Crippen LogP contribution in [0, 0.1) is 12.8 Å². The molecule has 0 saturated heterocycles. The van der Waals surface area contributed by atoms with Gasteiger partial charge in [0.25, 0.3) is 0 Å². The number of carboxylic acids is 1. The summed E-state index contributed by atoms with van der Waals surface area (Å²) in [6.45, 7) is 4.21. The van der Waals surface area contributed by atoms with Gasteiger partial charge in [-0.25, -0.2) is 9.48 Å². The van der Waals surface area contributed by atoms with Crippen LogP contribution in [0.2, 0.25) is 0 Å². The van der Waals surface area contributed by atoms with Crippen LogP contribution in [-0.4, -0.2) is 39.5 Å². The lowest BCUT2D eigenvalue weighted by Crippen LogP contribution is -2.17. The van der Waals surface area contributed by atoms with E-state index in [4.69, 9.17) is 9.84 Å². The van der Waals surface area contributed by atoms with Crippen LogP contribution in [0.4, 0.5) is 5.69 Å². The predicted octanol–water partition coefficient (Wildman–Crippen LogP) is 2.24. The van der Waals surface area contributed by atoms with Crippen LogP contribution in [0.25, 0.3) is 5.69 Å². The van der Waals surface area contributed by atoms with Gasteiger partial charge in [-0.15, -0.1) is 0 Å². The Morgan fingerprint density at radius 1 is 1.46 bits per heavy atom. The SMILES string of the molecule is CCOC1CC1C(=O)Nc1cccc(-n2ncc(C(=O)O)c2C)c1. The van der Waals surface area contributed by atoms with Gasteiger partial charge in [0.1, 0.15) is 5.56 Å². The molecule has 2 atom stereocenters. The molecular formula is C17H19N3O4. The molecular weight excluding hydrogens is 310 g/mol. The molecule has 126 valence electrons. The molecule has 0 spiro atoms. The highest BCUT2D eigenvalue weighted by atomic mass is 16.5. The van der Waals surface area contributed by atoms with Crippen molar-refractivity contribution in [2.75, 3.05) is 11.9 Å². The van der Waals surface area contributed by atoms with Crippen LogP contribution in [0.15, 0.2) is 30.5 Å². The molecule has 1 heterocycles. The molecule has 1 aliphatic carbocycles. The van der Waals surface area contributed by atoms with Crippen molar-refractivity contribution in [1.82, 2.24) is 9.78 Å². The quantitative estimate of drug-likeness (QED) is 0.848. The molecule has 7 heteroatoms. The van der Waals surface area contributed by atoms with E-state index in [1.165, 1.54) is 6.20 Å². The van der Waals surface area contributed by atoms with Gasteiger partial charge in [-0.3, -0.25) is 4.79 Å². The van der Waals surface area contributed by atoms with Gasteiger partial charge in [0, 0.05) is 12.3 Å². The number of rotatable bonds is 6. The number of aromatic nitrogens is 2. The first-order valence-electron chi connectivity index (χ1n) is 7.82. The topological polar surface area (TPSA) is 93.5 Å². The van der Waals surface area contributed by atoms with Gasteiger partial charge in [-0.05, 0) is 38.5 Å². The summed E-state index contributed by atoms with van der Waals surface area (Å²) in [7, 11) is 0. The Morgan fingerprint density at radius 2 is 2.25 bits per heavy atom. The van der Waals surface area contributed by atoms with E-state index in [2.05, 4.69) is 10.4 Å². The van der Waals surface area contributed by atoms with E-state index < -0.39 is 5.97 Å². The smallest absolute Gasteiger partial charge is 0.339 e. The van der Waals surface area contributed by atoms with E-state index in [0.717, 1.165) is 6.42 Å². The maximum Gasteiger partial charge on any atom is 0.339 e. The largest absolute Gasteiger partial charge is 0.478 e. The number of amides is 1. The number of ether oxygens (including phenoxy) is 1. The average Bonchev–Trinajstić information content (AvgIpc) is 3.20. The summed E-state index contributed by atoms with van der Waals surface area (Å²) in [5.41, 5.74) is 2.02. The number of carbonyl (C=O) groups excluding carboxylic acids is 1. The molecule has 2 aromatic rings. The summed E-state index contributed by atoms with van der Waals surface area (Å²) in [4.78, 5) is 23.3. The molecule has 1 aromatic heterocycles. The number of carboxylic acid groups (broad SMARTS) is 1. The number of anilines is 1. The molecule has 2 unspecified atom stereocenters. The minimum absolute atomic E-state index is 0.0182. The number of aromatic carboxylic acids is 1. The van der Waals surface area contributed by atoms with E-state index in [9.17, 15) is 9.59 Å². The number of hydrogen-bond donors (Lipinski definition) is 2. The molecule has 1 fully saturated rings.